The topological polar surface area (TPSA) is 93.9 Å². The smallest absolute Gasteiger partial charge is 0.243 e. The lowest BCUT2D eigenvalue weighted by Crippen LogP contribution is -2.57. The Bertz CT molecular complexity index is 1450. The van der Waals surface area contributed by atoms with Gasteiger partial charge in [-0.3, -0.25) is 9.78 Å². The number of aromatic hydroxyl groups is 2. The molecule has 0 unspecified atom stereocenters. The van der Waals surface area contributed by atoms with Gasteiger partial charge in [-0.25, -0.2) is 4.39 Å². The van der Waals surface area contributed by atoms with Gasteiger partial charge in [0.25, 0.3) is 0 Å². The van der Waals surface area contributed by atoms with Crippen molar-refractivity contribution in [3.8, 4) is 22.6 Å². The van der Waals surface area contributed by atoms with Crippen molar-refractivity contribution >= 4 is 23.4 Å². The summed E-state index contributed by atoms with van der Waals surface area (Å²) in [5.74, 6) is -0.819. The molecule has 1 aromatic heterocycles. The van der Waals surface area contributed by atoms with Gasteiger partial charge in [-0.1, -0.05) is 30.3 Å². The molecule has 1 aliphatic heterocycles. The number of anilines is 1. The normalized spacial score (nSPS) is 17.9. The summed E-state index contributed by atoms with van der Waals surface area (Å²) in [7, 11) is 0. The Morgan fingerprint density at radius 3 is 2.46 bits per heavy atom. The molecule has 2 heterocycles. The van der Waals surface area contributed by atoms with Crippen LogP contribution in [0.4, 0.5) is 10.1 Å². The fourth-order valence-corrected chi connectivity index (χ4v) is 5.83. The van der Waals surface area contributed by atoms with Gasteiger partial charge in [-0.15, -0.1) is 11.8 Å². The zero-order valence-electron chi connectivity index (χ0n) is 20.0. The van der Waals surface area contributed by atoms with Crippen LogP contribution in [0.3, 0.4) is 0 Å². The van der Waals surface area contributed by atoms with Crippen molar-refractivity contribution in [1.29, 1.82) is 0 Å². The van der Waals surface area contributed by atoms with Crippen molar-refractivity contribution in [2.75, 3.05) is 10.7 Å². The lowest BCUT2D eigenvalue weighted by atomic mass is 9.91. The molecular weight excluding hydrogens is 491 g/mol. The Labute approximate surface area is 218 Å². The maximum atomic E-state index is 14.1. The number of hydrogen-bond donors (Lipinski definition) is 3. The van der Waals surface area contributed by atoms with Crippen molar-refractivity contribution in [3.05, 3.63) is 108 Å². The van der Waals surface area contributed by atoms with Crippen LogP contribution in [-0.4, -0.2) is 37.2 Å². The van der Waals surface area contributed by atoms with E-state index in [1.54, 1.807) is 35.5 Å². The summed E-state index contributed by atoms with van der Waals surface area (Å²) in [5.41, 5.74) is 4.25. The van der Waals surface area contributed by atoms with Crippen LogP contribution in [-0.2, 0) is 4.79 Å². The lowest BCUT2D eigenvalue weighted by molar-refractivity contribution is -0.123. The number of phenols is 2. The molecular formula is C29H25FN2O4S. The van der Waals surface area contributed by atoms with Crippen molar-refractivity contribution in [1.82, 2.24) is 4.98 Å². The molecule has 188 valence electrons. The molecule has 1 saturated heterocycles. The summed E-state index contributed by atoms with van der Waals surface area (Å²) in [5, 5.41) is 30.3. The second-order valence-electron chi connectivity index (χ2n) is 8.99. The Hall–Kier alpha value is -3.88. The average molecular weight is 517 g/mol. The van der Waals surface area contributed by atoms with Gasteiger partial charge in [0.2, 0.25) is 5.91 Å². The van der Waals surface area contributed by atoms with E-state index in [0.717, 1.165) is 16.7 Å². The Kier molecular flexibility index (Phi) is 6.86. The maximum Gasteiger partial charge on any atom is 0.243 e. The molecule has 3 aromatic carbocycles. The molecule has 6 nitrogen and oxygen atoms in total. The number of nitrogens with zero attached hydrogens (tertiary/aromatic N) is 2. The van der Waals surface area contributed by atoms with Crippen LogP contribution in [0.15, 0.2) is 85.2 Å². The minimum atomic E-state index is -1.09. The molecule has 1 amide bonds. The third-order valence-corrected chi connectivity index (χ3v) is 7.76. The summed E-state index contributed by atoms with van der Waals surface area (Å²) in [4.78, 5) is 19.2. The Balaban J connectivity index is 1.42. The number of aromatic nitrogens is 1. The second-order valence-corrected chi connectivity index (χ2v) is 10.2. The molecule has 5 rings (SSSR count). The van der Waals surface area contributed by atoms with Crippen LogP contribution in [0.1, 0.15) is 28.8 Å². The second kappa shape index (κ2) is 10.2. The quantitative estimate of drug-likeness (QED) is 0.280. The van der Waals surface area contributed by atoms with Crippen molar-refractivity contribution < 1.29 is 24.5 Å². The molecule has 4 aromatic rings. The Morgan fingerprint density at radius 1 is 1.00 bits per heavy atom. The first kappa shape index (κ1) is 24.8. The molecule has 0 spiro atoms. The van der Waals surface area contributed by atoms with Crippen molar-refractivity contribution in [3.63, 3.8) is 0 Å². The lowest BCUT2D eigenvalue weighted by Gasteiger charge is -2.47. The van der Waals surface area contributed by atoms with E-state index in [2.05, 4.69) is 4.98 Å². The summed E-state index contributed by atoms with van der Waals surface area (Å²) >= 11 is 1.21. The number of aliphatic hydroxyl groups is 1. The highest BCUT2D eigenvalue weighted by Gasteiger charge is 2.50. The third kappa shape index (κ3) is 4.90. The van der Waals surface area contributed by atoms with Gasteiger partial charge < -0.3 is 20.2 Å². The number of aliphatic hydroxyl groups excluding tert-OH is 1. The van der Waals surface area contributed by atoms with E-state index >= 15 is 0 Å². The van der Waals surface area contributed by atoms with Gasteiger partial charge in [0.1, 0.15) is 22.6 Å². The average Bonchev–Trinajstić information content (AvgIpc) is 2.88. The van der Waals surface area contributed by atoms with E-state index in [-0.39, 0.29) is 28.7 Å². The van der Waals surface area contributed by atoms with Gasteiger partial charge >= 0.3 is 0 Å². The van der Waals surface area contributed by atoms with Gasteiger partial charge in [-0.05, 0) is 54.4 Å². The number of pyridine rings is 1. The molecule has 8 heteroatoms. The number of rotatable bonds is 7. The van der Waals surface area contributed by atoms with E-state index in [1.165, 1.54) is 36.0 Å². The molecule has 0 radical (unpaired) electrons. The van der Waals surface area contributed by atoms with Crippen molar-refractivity contribution in [2.24, 2.45) is 0 Å². The van der Waals surface area contributed by atoms with E-state index in [0.29, 0.717) is 11.3 Å². The van der Waals surface area contributed by atoms with Gasteiger partial charge in [0, 0.05) is 46.6 Å². The number of benzene rings is 3. The van der Waals surface area contributed by atoms with E-state index < -0.39 is 23.2 Å². The predicted octanol–water partition coefficient (Wildman–Crippen LogP) is 5.53. The fraction of sp³-hybridized carbons (Fsp3) is 0.172. The molecule has 0 saturated carbocycles. The monoisotopic (exact) mass is 516 g/mol. The molecule has 1 aliphatic rings. The summed E-state index contributed by atoms with van der Waals surface area (Å²) in [6.45, 7) is 1.97. The van der Waals surface area contributed by atoms with E-state index in [4.69, 9.17) is 0 Å². The van der Waals surface area contributed by atoms with Crippen LogP contribution < -0.4 is 4.90 Å². The van der Waals surface area contributed by atoms with Crippen LogP contribution in [0.2, 0.25) is 0 Å². The van der Waals surface area contributed by atoms with E-state index in [9.17, 15) is 24.5 Å². The summed E-state index contributed by atoms with van der Waals surface area (Å²) in [6.07, 6.45) is 2.47. The zero-order valence-corrected chi connectivity index (χ0v) is 20.8. The number of β-lactam (4-membered cyclic amide) rings is 1. The largest absolute Gasteiger partial charge is 0.508 e. The number of hydrogen-bond acceptors (Lipinski definition) is 6. The number of amides is 1. The summed E-state index contributed by atoms with van der Waals surface area (Å²) in [6, 6.07) is 19.3. The predicted molar refractivity (Wildman–Crippen MR) is 142 cm³/mol. The number of halogens is 1. The first-order chi connectivity index (χ1) is 17.8. The van der Waals surface area contributed by atoms with E-state index in [1.807, 2.05) is 37.3 Å². The number of carbonyl (C=O) groups is 1. The molecule has 0 bridgehead atoms. The van der Waals surface area contributed by atoms with Crippen LogP contribution >= 0.6 is 11.8 Å². The number of thioether (sulfide) groups is 1. The van der Waals surface area contributed by atoms with Crippen LogP contribution in [0.5, 0.6) is 11.5 Å². The highest BCUT2D eigenvalue weighted by atomic mass is 32.2. The number of carbonyl (C=O) groups excluding carboxylic acids is 1. The molecule has 3 atom stereocenters. The third-order valence-electron chi connectivity index (χ3n) is 6.43. The van der Waals surface area contributed by atoms with Crippen molar-refractivity contribution in [2.45, 2.75) is 24.3 Å². The minimum Gasteiger partial charge on any atom is -0.508 e. The zero-order chi connectivity index (χ0) is 26.1. The SMILES string of the molecule is Cc1cncc(-c2ccc(N3C(=O)[C@H](SC[C@H](O)c4ccccc4F)[C@H]3c3ccc(O)cc3O)cc2)c1. The van der Waals surface area contributed by atoms with Gasteiger partial charge in [0.05, 0.1) is 12.1 Å². The molecule has 0 aliphatic carbocycles. The number of aryl methyl sites for hydroxylation is 1. The number of phenolic OH excluding ortho intramolecular Hbond substituents is 2. The highest BCUT2D eigenvalue weighted by Crippen LogP contribution is 2.48. The Morgan fingerprint density at radius 2 is 1.76 bits per heavy atom. The first-order valence-electron chi connectivity index (χ1n) is 11.7. The van der Waals surface area contributed by atoms with Crippen LogP contribution in [0.25, 0.3) is 11.1 Å². The van der Waals surface area contributed by atoms with Gasteiger partial charge in [0.15, 0.2) is 0 Å². The maximum absolute atomic E-state index is 14.1. The minimum absolute atomic E-state index is 0.0891. The molecule has 1 fully saturated rings. The van der Waals surface area contributed by atoms with Gasteiger partial charge in [-0.2, -0.15) is 0 Å². The summed E-state index contributed by atoms with van der Waals surface area (Å²) < 4.78 is 14.1. The fourth-order valence-electron chi connectivity index (χ4n) is 4.55. The molecule has 3 N–H and O–H groups in total. The first-order valence-corrected chi connectivity index (χ1v) is 12.8. The van der Waals surface area contributed by atoms with Crippen LogP contribution in [0, 0.1) is 12.7 Å². The highest BCUT2D eigenvalue weighted by molar-refractivity contribution is 8.00. The molecule has 37 heavy (non-hydrogen) atoms. The standard InChI is InChI=1S/C29H25FN2O4S/c1-17-12-19(15-31-14-17)18-6-8-20(9-7-18)32-27(23-11-10-21(33)13-25(23)34)28(29(32)36)37-16-26(35)22-4-2-3-5-24(22)30/h2-15,26-28,33-35H,16H2,1H3/t26-,27+,28+/m0/s1.